The lowest BCUT2D eigenvalue weighted by Gasteiger charge is -2.29. The molecule has 0 bridgehead atoms. The van der Waals surface area contributed by atoms with Crippen LogP contribution in [-0.2, 0) is 4.79 Å². The summed E-state index contributed by atoms with van der Waals surface area (Å²) >= 11 is 0. The molecule has 1 N–H and O–H groups in total. The molecule has 1 aromatic rings. The molecule has 0 aromatic heterocycles. The standard InChI is InChI=1S/C16H23N3O/c1-18(11-5-8-15-6-3-2-4-7-15)14-16(20)19-12-9-17-10-13-19/h2-8,17H,9-14H2,1H3/b8-5+. The van der Waals surface area contributed by atoms with Gasteiger partial charge in [-0.25, -0.2) is 0 Å². The lowest BCUT2D eigenvalue weighted by molar-refractivity contribution is -0.132. The average Bonchev–Trinajstić information content (AvgIpc) is 2.49. The summed E-state index contributed by atoms with van der Waals surface area (Å²) in [7, 11) is 1.98. The van der Waals surface area contributed by atoms with Gasteiger partial charge in [-0.15, -0.1) is 0 Å². The Morgan fingerprint density at radius 3 is 2.70 bits per heavy atom. The molecule has 1 amide bonds. The van der Waals surface area contributed by atoms with Crippen molar-refractivity contribution in [1.82, 2.24) is 15.1 Å². The summed E-state index contributed by atoms with van der Waals surface area (Å²) in [5.74, 6) is 0.224. The van der Waals surface area contributed by atoms with E-state index in [2.05, 4.69) is 29.6 Å². The highest BCUT2D eigenvalue weighted by molar-refractivity contribution is 5.78. The van der Waals surface area contributed by atoms with Gasteiger partial charge in [0.05, 0.1) is 6.54 Å². The molecule has 0 aliphatic carbocycles. The van der Waals surface area contributed by atoms with E-state index in [4.69, 9.17) is 0 Å². The minimum Gasteiger partial charge on any atom is -0.339 e. The zero-order chi connectivity index (χ0) is 14.2. The van der Waals surface area contributed by atoms with Gasteiger partial charge in [0.1, 0.15) is 0 Å². The Morgan fingerprint density at radius 2 is 2.00 bits per heavy atom. The number of hydrogen-bond donors (Lipinski definition) is 1. The van der Waals surface area contributed by atoms with E-state index >= 15 is 0 Å². The van der Waals surface area contributed by atoms with E-state index in [9.17, 15) is 4.79 Å². The maximum absolute atomic E-state index is 12.1. The third kappa shape index (κ3) is 4.79. The van der Waals surface area contributed by atoms with Crippen LogP contribution in [0.15, 0.2) is 36.4 Å². The Morgan fingerprint density at radius 1 is 1.30 bits per heavy atom. The van der Waals surface area contributed by atoms with Crippen LogP contribution in [0.4, 0.5) is 0 Å². The van der Waals surface area contributed by atoms with Crippen LogP contribution < -0.4 is 5.32 Å². The van der Waals surface area contributed by atoms with Gasteiger partial charge in [0, 0.05) is 32.7 Å². The molecule has 0 unspecified atom stereocenters. The number of piperazine rings is 1. The lowest BCUT2D eigenvalue weighted by atomic mass is 10.2. The topological polar surface area (TPSA) is 35.6 Å². The van der Waals surface area contributed by atoms with E-state index in [1.807, 2.05) is 35.0 Å². The fourth-order valence-corrected chi connectivity index (χ4v) is 2.24. The normalized spacial score (nSPS) is 16.0. The van der Waals surface area contributed by atoms with E-state index in [0.717, 1.165) is 32.7 Å². The Bertz CT molecular complexity index is 438. The zero-order valence-electron chi connectivity index (χ0n) is 12.1. The molecule has 1 saturated heterocycles. The van der Waals surface area contributed by atoms with Crippen LogP contribution in [0.25, 0.3) is 6.08 Å². The molecule has 108 valence electrons. The van der Waals surface area contributed by atoms with Crippen LogP contribution in [0, 0.1) is 0 Å². The highest BCUT2D eigenvalue weighted by atomic mass is 16.2. The number of amides is 1. The molecule has 2 rings (SSSR count). The highest BCUT2D eigenvalue weighted by Crippen LogP contribution is 2.01. The molecular formula is C16H23N3O. The van der Waals surface area contributed by atoms with E-state index in [1.165, 1.54) is 5.56 Å². The van der Waals surface area contributed by atoms with Gasteiger partial charge in [-0.1, -0.05) is 42.5 Å². The number of hydrogen-bond acceptors (Lipinski definition) is 3. The summed E-state index contributed by atoms with van der Waals surface area (Å²) in [6, 6.07) is 10.2. The second kappa shape index (κ2) is 7.82. The van der Waals surface area contributed by atoms with Crippen molar-refractivity contribution in [3.05, 3.63) is 42.0 Å². The summed E-state index contributed by atoms with van der Waals surface area (Å²) in [5.41, 5.74) is 1.19. The first-order valence-corrected chi connectivity index (χ1v) is 7.14. The average molecular weight is 273 g/mol. The van der Waals surface area contributed by atoms with Crippen LogP contribution >= 0.6 is 0 Å². The molecule has 1 aromatic carbocycles. The number of benzene rings is 1. The first-order valence-electron chi connectivity index (χ1n) is 7.14. The molecule has 0 saturated carbocycles. The SMILES string of the molecule is CN(C/C=C/c1ccccc1)CC(=O)N1CCNCC1. The first kappa shape index (κ1) is 14.8. The second-order valence-corrected chi connectivity index (χ2v) is 5.14. The van der Waals surface area contributed by atoms with E-state index in [-0.39, 0.29) is 5.91 Å². The quantitative estimate of drug-likeness (QED) is 0.871. The molecule has 4 nitrogen and oxygen atoms in total. The van der Waals surface area contributed by atoms with Gasteiger partial charge in [-0.05, 0) is 12.6 Å². The third-order valence-electron chi connectivity index (χ3n) is 3.40. The number of rotatable bonds is 5. The molecule has 20 heavy (non-hydrogen) atoms. The van der Waals surface area contributed by atoms with Crippen LogP contribution in [0.3, 0.4) is 0 Å². The molecule has 1 aliphatic rings. The van der Waals surface area contributed by atoms with E-state index < -0.39 is 0 Å². The molecule has 1 heterocycles. The van der Waals surface area contributed by atoms with Crippen molar-refractivity contribution in [3.63, 3.8) is 0 Å². The third-order valence-corrected chi connectivity index (χ3v) is 3.40. The van der Waals surface area contributed by atoms with Crippen LogP contribution in [0.2, 0.25) is 0 Å². The van der Waals surface area contributed by atoms with Crippen molar-refractivity contribution in [2.45, 2.75) is 0 Å². The van der Waals surface area contributed by atoms with Gasteiger partial charge in [0.25, 0.3) is 0 Å². The smallest absolute Gasteiger partial charge is 0.236 e. The maximum atomic E-state index is 12.1. The van der Waals surface area contributed by atoms with Gasteiger partial charge in [0.15, 0.2) is 0 Å². The van der Waals surface area contributed by atoms with Gasteiger partial charge < -0.3 is 10.2 Å². The minimum absolute atomic E-state index is 0.224. The number of nitrogens with one attached hydrogen (secondary N) is 1. The van der Waals surface area contributed by atoms with Crippen LogP contribution in [0.5, 0.6) is 0 Å². The first-order chi connectivity index (χ1) is 9.75. The monoisotopic (exact) mass is 273 g/mol. The van der Waals surface area contributed by atoms with Gasteiger partial charge in [-0.3, -0.25) is 9.69 Å². The van der Waals surface area contributed by atoms with Crippen molar-refractivity contribution < 1.29 is 4.79 Å². The van der Waals surface area contributed by atoms with Crippen molar-refractivity contribution in [2.24, 2.45) is 0 Å². The molecule has 1 fully saturated rings. The summed E-state index contributed by atoms with van der Waals surface area (Å²) < 4.78 is 0. The van der Waals surface area contributed by atoms with E-state index in [1.54, 1.807) is 0 Å². The lowest BCUT2D eigenvalue weighted by Crippen LogP contribution is -2.49. The van der Waals surface area contributed by atoms with Crippen LogP contribution in [-0.4, -0.2) is 62.0 Å². The van der Waals surface area contributed by atoms with Crippen molar-refractivity contribution in [3.8, 4) is 0 Å². The second-order valence-electron chi connectivity index (χ2n) is 5.14. The zero-order valence-corrected chi connectivity index (χ0v) is 12.1. The predicted molar refractivity (Wildman–Crippen MR) is 82.4 cm³/mol. The van der Waals surface area contributed by atoms with Gasteiger partial charge in [0.2, 0.25) is 5.91 Å². The molecule has 4 heteroatoms. The van der Waals surface area contributed by atoms with E-state index in [0.29, 0.717) is 6.54 Å². The summed E-state index contributed by atoms with van der Waals surface area (Å²) in [6.45, 7) is 4.73. The van der Waals surface area contributed by atoms with Crippen molar-refractivity contribution >= 4 is 12.0 Å². The number of carbonyl (C=O) groups excluding carboxylic acids is 1. The molecule has 1 aliphatic heterocycles. The molecular weight excluding hydrogens is 250 g/mol. The van der Waals surface area contributed by atoms with Crippen molar-refractivity contribution in [2.75, 3.05) is 46.3 Å². The fourth-order valence-electron chi connectivity index (χ4n) is 2.24. The Labute approximate surface area is 121 Å². The molecule has 0 spiro atoms. The summed E-state index contributed by atoms with van der Waals surface area (Å²) in [4.78, 5) is 16.1. The Balaban J connectivity index is 1.73. The van der Waals surface area contributed by atoms with Gasteiger partial charge in [-0.2, -0.15) is 0 Å². The fraction of sp³-hybridized carbons (Fsp3) is 0.438. The van der Waals surface area contributed by atoms with Gasteiger partial charge >= 0.3 is 0 Å². The Kier molecular flexibility index (Phi) is 5.77. The largest absolute Gasteiger partial charge is 0.339 e. The maximum Gasteiger partial charge on any atom is 0.236 e. The number of likely N-dealkylation sites (N-methyl/N-ethyl adjacent to an activating group) is 1. The minimum atomic E-state index is 0.224. The molecule has 0 radical (unpaired) electrons. The predicted octanol–water partition coefficient (Wildman–Crippen LogP) is 1.06. The summed E-state index contributed by atoms with van der Waals surface area (Å²) in [6.07, 6.45) is 4.19. The number of nitrogens with zero attached hydrogens (tertiary/aromatic N) is 2. The van der Waals surface area contributed by atoms with Crippen LogP contribution in [0.1, 0.15) is 5.56 Å². The Hall–Kier alpha value is -1.65. The molecule has 0 atom stereocenters. The highest BCUT2D eigenvalue weighted by Gasteiger charge is 2.16. The summed E-state index contributed by atoms with van der Waals surface area (Å²) in [5, 5.41) is 3.26. The number of carbonyl (C=O) groups is 1. The van der Waals surface area contributed by atoms with Crippen molar-refractivity contribution in [1.29, 1.82) is 0 Å².